The number of rotatable bonds is 8. The van der Waals surface area contributed by atoms with Gasteiger partial charge in [-0.3, -0.25) is 10.8 Å². The van der Waals surface area contributed by atoms with Crippen LogP contribution >= 0.6 is 24.8 Å². The minimum atomic E-state index is 0. The highest BCUT2D eigenvalue weighted by Crippen LogP contribution is 2.16. The van der Waals surface area contributed by atoms with E-state index >= 15 is 0 Å². The van der Waals surface area contributed by atoms with Crippen molar-refractivity contribution < 1.29 is 9.47 Å². The van der Waals surface area contributed by atoms with Crippen LogP contribution in [-0.2, 0) is 13.2 Å². The summed E-state index contributed by atoms with van der Waals surface area (Å²) in [6.07, 6.45) is 0. The maximum atomic E-state index is 7.39. The topological polar surface area (TPSA) is 118 Å². The zero-order valence-electron chi connectivity index (χ0n) is 16.1. The van der Waals surface area contributed by atoms with E-state index < -0.39 is 0 Å². The second-order valence-electron chi connectivity index (χ2n) is 6.27. The molecule has 0 unspecified atom stereocenters. The van der Waals surface area contributed by atoms with E-state index in [1.54, 1.807) is 48.5 Å². The Balaban J connectivity index is 0.00000225. The lowest BCUT2D eigenvalue weighted by molar-refractivity contribution is 0.302. The van der Waals surface area contributed by atoms with E-state index in [1.807, 2.05) is 24.3 Å². The Labute approximate surface area is 188 Å². The lowest BCUT2D eigenvalue weighted by atomic mass is 10.1. The fraction of sp³-hybridized carbons (Fsp3) is 0.0909. The molecular weight excluding hydrogens is 423 g/mol. The first-order valence-corrected chi connectivity index (χ1v) is 8.73. The number of hydrogen-bond donors (Lipinski definition) is 4. The summed E-state index contributed by atoms with van der Waals surface area (Å²) in [7, 11) is 0. The molecule has 0 aliphatic heterocycles. The molecule has 6 N–H and O–H groups in total. The molecule has 0 atom stereocenters. The maximum Gasteiger partial charge on any atom is 0.122 e. The molecular formula is C22H24Cl2N4O2. The van der Waals surface area contributed by atoms with E-state index in [9.17, 15) is 0 Å². The Hall–Kier alpha value is -3.22. The zero-order chi connectivity index (χ0) is 19.9. The minimum absolute atomic E-state index is 0. The normalized spacial score (nSPS) is 9.60. The Bertz CT molecular complexity index is 879. The van der Waals surface area contributed by atoms with E-state index in [2.05, 4.69) is 0 Å². The summed E-state index contributed by atoms with van der Waals surface area (Å²) < 4.78 is 11.5. The predicted molar refractivity (Wildman–Crippen MR) is 125 cm³/mol. The number of hydrogen-bond acceptors (Lipinski definition) is 4. The van der Waals surface area contributed by atoms with Gasteiger partial charge in [0.1, 0.15) is 36.4 Å². The van der Waals surface area contributed by atoms with Crippen molar-refractivity contribution in [1.82, 2.24) is 0 Å². The van der Waals surface area contributed by atoms with E-state index in [1.165, 1.54) is 0 Å². The molecule has 0 heterocycles. The number of benzene rings is 3. The summed E-state index contributed by atoms with van der Waals surface area (Å²) in [5.41, 5.74) is 14.3. The van der Waals surface area contributed by atoms with Crippen molar-refractivity contribution >= 4 is 36.5 Å². The van der Waals surface area contributed by atoms with Crippen molar-refractivity contribution in [2.45, 2.75) is 13.2 Å². The third-order valence-corrected chi connectivity index (χ3v) is 4.16. The molecule has 6 nitrogen and oxygen atoms in total. The smallest absolute Gasteiger partial charge is 0.122 e. The molecule has 0 bridgehead atoms. The highest BCUT2D eigenvalue weighted by molar-refractivity contribution is 5.95. The number of nitrogen functional groups attached to an aromatic ring is 2. The van der Waals surface area contributed by atoms with Crippen molar-refractivity contribution in [3.8, 4) is 11.5 Å². The molecule has 158 valence electrons. The van der Waals surface area contributed by atoms with Gasteiger partial charge in [-0.25, -0.2) is 0 Å². The lowest BCUT2D eigenvalue weighted by Crippen LogP contribution is -2.10. The minimum Gasteiger partial charge on any atom is -0.489 e. The van der Waals surface area contributed by atoms with Gasteiger partial charge in [-0.1, -0.05) is 24.3 Å². The fourth-order valence-corrected chi connectivity index (χ4v) is 2.53. The van der Waals surface area contributed by atoms with Crippen LogP contribution < -0.4 is 20.9 Å². The Morgan fingerprint density at radius 2 is 0.867 bits per heavy atom. The summed E-state index contributed by atoms with van der Waals surface area (Å²) in [6.45, 7) is 0.903. The van der Waals surface area contributed by atoms with Gasteiger partial charge in [0.25, 0.3) is 0 Å². The van der Waals surface area contributed by atoms with Crippen LogP contribution in [0.2, 0.25) is 0 Å². The first kappa shape index (κ1) is 24.8. The Morgan fingerprint density at radius 1 is 0.567 bits per heavy atom. The average molecular weight is 447 g/mol. The van der Waals surface area contributed by atoms with Gasteiger partial charge in [0.15, 0.2) is 0 Å². The number of nitrogens with two attached hydrogens (primary N) is 2. The van der Waals surface area contributed by atoms with Gasteiger partial charge in [0.05, 0.1) is 0 Å². The van der Waals surface area contributed by atoms with E-state index in [0.29, 0.717) is 24.3 Å². The lowest BCUT2D eigenvalue weighted by Gasteiger charge is -2.09. The maximum absolute atomic E-state index is 7.39. The molecule has 3 rings (SSSR count). The monoisotopic (exact) mass is 446 g/mol. The third-order valence-electron chi connectivity index (χ3n) is 4.16. The molecule has 30 heavy (non-hydrogen) atoms. The number of nitrogens with one attached hydrogen (secondary N) is 2. The number of amidine groups is 2. The van der Waals surface area contributed by atoms with Crippen LogP contribution in [-0.4, -0.2) is 11.7 Å². The second kappa shape index (κ2) is 11.7. The van der Waals surface area contributed by atoms with Crippen LogP contribution in [0.25, 0.3) is 0 Å². The quantitative estimate of drug-likeness (QED) is 0.305. The largest absolute Gasteiger partial charge is 0.489 e. The molecule has 8 heteroatoms. The SMILES string of the molecule is Cl.Cl.N=C(N)c1ccc(OCc2ccc(COc3ccc(C(=N)N)cc3)cc2)cc1. The molecule has 0 aliphatic carbocycles. The average Bonchev–Trinajstić information content (AvgIpc) is 2.72. The highest BCUT2D eigenvalue weighted by atomic mass is 35.5. The van der Waals surface area contributed by atoms with Crippen LogP contribution in [0.3, 0.4) is 0 Å². The van der Waals surface area contributed by atoms with Crippen molar-refractivity contribution in [1.29, 1.82) is 10.8 Å². The Morgan fingerprint density at radius 3 is 1.13 bits per heavy atom. The van der Waals surface area contributed by atoms with Crippen molar-refractivity contribution in [2.24, 2.45) is 11.5 Å². The zero-order valence-corrected chi connectivity index (χ0v) is 17.8. The number of halogens is 2. The van der Waals surface area contributed by atoms with Gasteiger partial charge in [-0.05, 0) is 59.7 Å². The van der Waals surface area contributed by atoms with Crippen LogP contribution in [0.5, 0.6) is 11.5 Å². The summed E-state index contributed by atoms with van der Waals surface area (Å²) in [4.78, 5) is 0. The number of ether oxygens (including phenoxy) is 2. The first-order valence-electron chi connectivity index (χ1n) is 8.73. The molecule has 3 aromatic carbocycles. The van der Waals surface area contributed by atoms with Crippen molar-refractivity contribution in [2.75, 3.05) is 0 Å². The molecule has 3 aromatic rings. The van der Waals surface area contributed by atoms with Gasteiger partial charge in [-0.2, -0.15) is 0 Å². The summed E-state index contributed by atoms with van der Waals surface area (Å²) in [6, 6.07) is 22.3. The van der Waals surface area contributed by atoms with E-state index in [4.69, 9.17) is 31.8 Å². The third kappa shape index (κ3) is 6.99. The van der Waals surface area contributed by atoms with Gasteiger partial charge in [-0.15, -0.1) is 24.8 Å². The molecule has 0 aromatic heterocycles. The van der Waals surface area contributed by atoms with E-state index in [0.717, 1.165) is 22.6 Å². The Kier molecular flexibility index (Phi) is 9.68. The summed E-state index contributed by atoms with van der Waals surface area (Å²) in [5.74, 6) is 1.54. The molecule has 0 amide bonds. The molecule has 0 spiro atoms. The van der Waals surface area contributed by atoms with Crippen LogP contribution in [0.15, 0.2) is 72.8 Å². The van der Waals surface area contributed by atoms with Crippen molar-refractivity contribution in [3.05, 3.63) is 95.1 Å². The second-order valence-corrected chi connectivity index (χ2v) is 6.27. The first-order chi connectivity index (χ1) is 13.5. The predicted octanol–water partition coefficient (Wildman–Crippen LogP) is 4.26. The summed E-state index contributed by atoms with van der Waals surface area (Å²) in [5, 5.41) is 14.8. The van der Waals surface area contributed by atoms with Crippen LogP contribution in [0.1, 0.15) is 22.3 Å². The van der Waals surface area contributed by atoms with Gasteiger partial charge in [0, 0.05) is 11.1 Å². The summed E-state index contributed by atoms with van der Waals surface area (Å²) >= 11 is 0. The molecule has 0 fully saturated rings. The van der Waals surface area contributed by atoms with Gasteiger partial charge in [0.2, 0.25) is 0 Å². The molecule has 0 aliphatic rings. The highest BCUT2D eigenvalue weighted by Gasteiger charge is 2.01. The van der Waals surface area contributed by atoms with Crippen LogP contribution in [0, 0.1) is 10.8 Å². The van der Waals surface area contributed by atoms with Gasteiger partial charge >= 0.3 is 0 Å². The molecule has 0 saturated heterocycles. The van der Waals surface area contributed by atoms with Gasteiger partial charge < -0.3 is 20.9 Å². The molecule has 0 saturated carbocycles. The van der Waals surface area contributed by atoms with Crippen LogP contribution in [0.4, 0.5) is 0 Å². The molecule has 0 radical (unpaired) electrons. The van der Waals surface area contributed by atoms with E-state index in [-0.39, 0.29) is 36.5 Å². The van der Waals surface area contributed by atoms with Crippen molar-refractivity contribution in [3.63, 3.8) is 0 Å². The standard InChI is InChI=1S/C22H22N4O2.2ClH/c23-21(24)17-5-9-19(10-6-17)27-13-15-1-2-16(4-3-15)14-28-20-11-7-18(8-12-20)22(25)26;;/h1-12H,13-14H2,(H3,23,24)(H3,25,26);2*1H. The fourth-order valence-electron chi connectivity index (χ4n) is 2.53.